The van der Waals surface area contributed by atoms with Gasteiger partial charge in [-0.25, -0.2) is 9.78 Å². The number of nitrogens with two attached hydrogens (primary N) is 1. The highest BCUT2D eigenvalue weighted by molar-refractivity contribution is 6.09. The van der Waals surface area contributed by atoms with E-state index in [4.69, 9.17) is 5.73 Å². The number of urea groups is 1. The fourth-order valence-corrected chi connectivity index (χ4v) is 3.49. The fourth-order valence-electron chi connectivity index (χ4n) is 3.49. The monoisotopic (exact) mass is 576 g/mol. The smallest absolute Gasteiger partial charge is 0.383 e. The van der Waals surface area contributed by atoms with Gasteiger partial charge in [-0.2, -0.15) is 48.9 Å². The van der Waals surface area contributed by atoms with E-state index >= 15 is 0 Å². The van der Waals surface area contributed by atoms with Crippen LogP contribution in [0.5, 0.6) is 0 Å². The Hall–Kier alpha value is -3.86. The van der Waals surface area contributed by atoms with Crippen LogP contribution in [-0.4, -0.2) is 58.6 Å². The molecule has 214 valence electrons. The zero-order valence-electron chi connectivity index (χ0n) is 19.8. The number of nitrogens with one attached hydrogen (secondary N) is 1. The quantitative estimate of drug-likeness (QED) is 0.478. The molecule has 0 atom stereocenters. The van der Waals surface area contributed by atoms with Crippen molar-refractivity contribution in [2.45, 2.75) is 43.6 Å². The maximum absolute atomic E-state index is 14.3. The van der Waals surface area contributed by atoms with Gasteiger partial charge in [-0.05, 0) is 32.0 Å². The number of hydrogen-bond donors (Lipinski definition) is 2. The van der Waals surface area contributed by atoms with Crippen LogP contribution >= 0.6 is 0 Å². The van der Waals surface area contributed by atoms with Crippen LogP contribution in [0.1, 0.15) is 29.8 Å². The third-order valence-electron chi connectivity index (χ3n) is 5.42. The molecule has 18 heteroatoms. The Kier molecular flexibility index (Phi) is 7.16. The summed E-state index contributed by atoms with van der Waals surface area (Å²) in [6.45, 7) is 0.573. The molecular weight excluding hydrogens is 558 g/mol. The second-order valence-corrected chi connectivity index (χ2v) is 9.09. The first-order chi connectivity index (χ1) is 17.6. The molecule has 3 rings (SSSR count). The molecule has 2 aromatic rings. The van der Waals surface area contributed by atoms with E-state index in [1.807, 2.05) is 0 Å². The van der Waals surface area contributed by atoms with E-state index in [1.165, 1.54) is 0 Å². The van der Waals surface area contributed by atoms with Crippen LogP contribution in [0.2, 0.25) is 0 Å². The standard InChI is InChI=1S/C21H18F10N6O2/c1-17(2)8-37(16(39)35-17)15-33-7-12(13(32)34-15)14(38)36(9-18(22,23)20(27,28)21(29,30)31)11-5-3-4-10(6-11)19(24,25)26/h3-7H,8-9H2,1-2H3,(H,35,39)(H2,32,33,34). The highest BCUT2D eigenvalue weighted by Gasteiger charge is 2.73. The highest BCUT2D eigenvalue weighted by Crippen LogP contribution is 2.47. The normalized spacial score (nSPS) is 16.3. The van der Waals surface area contributed by atoms with E-state index in [2.05, 4.69) is 15.3 Å². The van der Waals surface area contributed by atoms with Crippen molar-refractivity contribution in [1.82, 2.24) is 15.3 Å². The first-order valence-electron chi connectivity index (χ1n) is 10.6. The average Bonchev–Trinajstić information content (AvgIpc) is 3.07. The maximum atomic E-state index is 14.3. The van der Waals surface area contributed by atoms with Crippen LogP contribution in [0.25, 0.3) is 0 Å². The number of anilines is 3. The minimum absolute atomic E-state index is 0.00761. The van der Waals surface area contributed by atoms with Crippen LogP contribution < -0.4 is 20.9 Å². The summed E-state index contributed by atoms with van der Waals surface area (Å²) < 4.78 is 134. The Morgan fingerprint density at radius 2 is 1.72 bits per heavy atom. The molecule has 8 nitrogen and oxygen atoms in total. The van der Waals surface area contributed by atoms with Crippen molar-refractivity contribution < 1.29 is 53.5 Å². The molecule has 1 fully saturated rings. The summed E-state index contributed by atoms with van der Waals surface area (Å²) in [4.78, 5) is 33.2. The number of hydrogen-bond acceptors (Lipinski definition) is 5. The largest absolute Gasteiger partial charge is 0.459 e. The van der Waals surface area contributed by atoms with Crippen molar-refractivity contribution in [3.8, 4) is 0 Å². The van der Waals surface area contributed by atoms with Gasteiger partial charge in [-0.1, -0.05) is 6.07 Å². The summed E-state index contributed by atoms with van der Waals surface area (Å²) in [5.74, 6) is -15.7. The summed E-state index contributed by atoms with van der Waals surface area (Å²) >= 11 is 0. The van der Waals surface area contributed by atoms with Crippen molar-refractivity contribution in [2.24, 2.45) is 0 Å². The number of alkyl halides is 10. The molecule has 0 unspecified atom stereocenters. The summed E-state index contributed by atoms with van der Waals surface area (Å²) in [5.41, 5.74) is 1.38. The maximum Gasteiger partial charge on any atom is 0.459 e. The van der Waals surface area contributed by atoms with Gasteiger partial charge in [0.1, 0.15) is 11.4 Å². The van der Waals surface area contributed by atoms with E-state index in [1.54, 1.807) is 13.8 Å². The number of rotatable bonds is 6. The number of nitrogens with zero attached hydrogens (tertiary/aromatic N) is 4. The Labute approximate surface area is 212 Å². The molecule has 1 saturated heterocycles. The van der Waals surface area contributed by atoms with Gasteiger partial charge in [0.25, 0.3) is 5.91 Å². The average molecular weight is 576 g/mol. The van der Waals surface area contributed by atoms with Crippen LogP contribution in [0.3, 0.4) is 0 Å². The molecule has 1 aromatic heterocycles. The fraction of sp³-hybridized carbons (Fsp3) is 0.429. The lowest BCUT2D eigenvalue weighted by Crippen LogP contribution is -2.58. The molecule has 1 aromatic carbocycles. The first kappa shape index (κ1) is 29.7. The van der Waals surface area contributed by atoms with E-state index in [0.717, 1.165) is 4.90 Å². The Morgan fingerprint density at radius 3 is 2.21 bits per heavy atom. The Balaban J connectivity index is 2.08. The van der Waals surface area contributed by atoms with Crippen molar-refractivity contribution in [1.29, 1.82) is 0 Å². The molecule has 2 heterocycles. The lowest BCUT2D eigenvalue weighted by molar-refractivity contribution is -0.351. The van der Waals surface area contributed by atoms with E-state index < -0.39 is 75.8 Å². The Bertz CT molecular complexity index is 1280. The van der Waals surface area contributed by atoms with Gasteiger partial charge in [0, 0.05) is 11.9 Å². The zero-order valence-corrected chi connectivity index (χ0v) is 19.8. The first-order valence-corrected chi connectivity index (χ1v) is 10.6. The zero-order chi connectivity index (χ0) is 29.8. The lowest BCUT2D eigenvalue weighted by Gasteiger charge is -2.33. The number of benzene rings is 1. The minimum Gasteiger partial charge on any atom is -0.383 e. The number of amides is 3. The molecule has 3 N–H and O–H groups in total. The molecule has 0 spiro atoms. The van der Waals surface area contributed by atoms with Gasteiger partial charge < -0.3 is 16.0 Å². The molecule has 0 radical (unpaired) electrons. The third kappa shape index (κ3) is 5.78. The SMILES string of the molecule is CC1(C)CN(c2ncc(C(=O)N(CC(F)(F)C(F)(F)C(F)(F)F)c3cccc(C(F)(F)F)c3)c(N)n2)C(=O)N1. The predicted octanol–water partition coefficient (Wildman–Crippen LogP) is 4.87. The second-order valence-electron chi connectivity index (χ2n) is 9.09. The van der Waals surface area contributed by atoms with Crippen molar-refractivity contribution in [3.05, 3.63) is 41.6 Å². The highest BCUT2D eigenvalue weighted by atomic mass is 19.4. The van der Waals surface area contributed by atoms with Gasteiger partial charge in [0.05, 0.1) is 24.2 Å². The van der Waals surface area contributed by atoms with E-state index in [0.29, 0.717) is 24.4 Å². The Morgan fingerprint density at radius 1 is 1.10 bits per heavy atom. The molecular formula is C21H18F10N6O2. The van der Waals surface area contributed by atoms with Crippen molar-refractivity contribution in [2.75, 3.05) is 28.6 Å². The van der Waals surface area contributed by atoms with Gasteiger partial charge >= 0.3 is 30.2 Å². The second kappa shape index (κ2) is 9.41. The summed E-state index contributed by atoms with van der Waals surface area (Å²) in [5, 5.41) is 2.56. The van der Waals surface area contributed by atoms with Crippen LogP contribution in [-0.2, 0) is 6.18 Å². The van der Waals surface area contributed by atoms with Crippen molar-refractivity contribution in [3.63, 3.8) is 0 Å². The van der Waals surface area contributed by atoms with Gasteiger partial charge in [0.15, 0.2) is 0 Å². The predicted molar refractivity (Wildman–Crippen MR) is 115 cm³/mol. The van der Waals surface area contributed by atoms with Gasteiger partial charge in [-0.3, -0.25) is 9.69 Å². The molecule has 0 saturated carbocycles. The van der Waals surface area contributed by atoms with Crippen LogP contribution in [0.4, 0.5) is 66.2 Å². The molecule has 1 aliphatic heterocycles. The molecule has 0 bridgehead atoms. The van der Waals surface area contributed by atoms with E-state index in [-0.39, 0.29) is 18.6 Å². The topological polar surface area (TPSA) is 104 Å². The molecule has 39 heavy (non-hydrogen) atoms. The summed E-state index contributed by atoms with van der Waals surface area (Å²) in [6.07, 6.45) is -11.3. The van der Waals surface area contributed by atoms with Gasteiger partial charge in [0.2, 0.25) is 5.95 Å². The minimum atomic E-state index is -6.77. The summed E-state index contributed by atoms with van der Waals surface area (Å²) in [6, 6.07) is 1.09. The van der Waals surface area contributed by atoms with Crippen molar-refractivity contribution >= 4 is 29.4 Å². The lowest BCUT2D eigenvalue weighted by atomic mass is 10.1. The molecule has 1 aliphatic rings. The number of aromatic nitrogens is 2. The van der Waals surface area contributed by atoms with Gasteiger partial charge in [-0.15, -0.1) is 0 Å². The van der Waals surface area contributed by atoms with E-state index in [9.17, 15) is 53.5 Å². The molecule has 0 aliphatic carbocycles. The number of carbonyl (C=O) groups is 2. The van der Waals surface area contributed by atoms with Crippen LogP contribution in [0, 0.1) is 0 Å². The number of halogens is 10. The summed E-state index contributed by atoms with van der Waals surface area (Å²) in [7, 11) is 0. The number of carbonyl (C=O) groups excluding carboxylic acids is 2. The van der Waals surface area contributed by atoms with Crippen LogP contribution in [0.15, 0.2) is 30.5 Å². The third-order valence-corrected chi connectivity index (χ3v) is 5.42. The number of nitrogen functional groups attached to an aromatic ring is 1. The molecule has 3 amide bonds.